The Morgan fingerprint density at radius 1 is 1.00 bits per heavy atom. The van der Waals surface area contributed by atoms with E-state index in [1.54, 1.807) is 4.68 Å². The summed E-state index contributed by atoms with van der Waals surface area (Å²) in [7, 11) is 0. The monoisotopic (exact) mass is 401 g/mol. The topological polar surface area (TPSA) is 67.2 Å². The summed E-state index contributed by atoms with van der Waals surface area (Å²) in [6, 6.07) is 21.7. The molecule has 3 aromatic carbocycles. The van der Waals surface area contributed by atoms with Gasteiger partial charge in [-0.05, 0) is 37.6 Å². The standard InChI is InChI=1S/C24H20FN3O2/c1-15-10-12-17(13-11-15)20-14-22(28(27-20)21-9-4-3-6-16(21)2)26-19-8-5-7-18(25)23(19)24(29)30/h3-14,26H,1-2H3,(H,29,30). The molecule has 4 rings (SSSR count). The quantitative estimate of drug-likeness (QED) is 0.448. The Morgan fingerprint density at radius 2 is 1.73 bits per heavy atom. The summed E-state index contributed by atoms with van der Waals surface area (Å²) in [5.41, 5.74) is 4.37. The number of aryl methyl sites for hydroxylation is 2. The van der Waals surface area contributed by atoms with Gasteiger partial charge in [-0.2, -0.15) is 5.10 Å². The summed E-state index contributed by atoms with van der Waals surface area (Å²) in [6.45, 7) is 3.98. The lowest BCUT2D eigenvalue weighted by Crippen LogP contribution is -2.09. The van der Waals surface area contributed by atoms with Crippen LogP contribution in [0.2, 0.25) is 0 Å². The number of anilines is 2. The van der Waals surface area contributed by atoms with Gasteiger partial charge in [0.2, 0.25) is 0 Å². The molecule has 0 radical (unpaired) electrons. The zero-order chi connectivity index (χ0) is 21.3. The second-order valence-corrected chi connectivity index (χ2v) is 7.07. The average molecular weight is 401 g/mol. The van der Waals surface area contributed by atoms with Gasteiger partial charge in [0.05, 0.1) is 17.1 Å². The van der Waals surface area contributed by atoms with E-state index in [1.807, 2.05) is 68.4 Å². The minimum atomic E-state index is -1.34. The first-order valence-electron chi connectivity index (χ1n) is 9.46. The molecule has 0 unspecified atom stereocenters. The number of halogens is 1. The van der Waals surface area contributed by atoms with E-state index >= 15 is 0 Å². The number of carbonyl (C=O) groups is 1. The van der Waals surface area contributed by atoms with Crippen LogP contribution < -0.4 is 5.32 Å². The highest BCUT2D eigenvalue weighted by atomic mass is 19.1. The van der Waals surface area contributed by atoms with Gasteiger partial charge in [-0.1, -0.05) is 54.1 Å². The Bertz CT molecular complexity index is 1230. The summed E-state index contributed by atoms with van der Waals surface area (Å²) in [5.74, 6) is -1.60. The minimum absolute atomic E-state index is 0.160. The van der Waals surface area contributed by atoms with Gasteiger partial charge in [-0.3, -0.25) is 0 Å². The molecule has 0 aliphatic rings. The molecule has 0 bridgehead atoms. The molecule has 0 spiro atoms. The summed E-state index contributed by atoms with van der Waals surface area (Å²) in [5, 5.41) is 17.3. The second kappa shape index (κ2) is 7.83. The van der Waals surface area contributed by atoms with Crippen LogP contribution in [0.5, 0.6) is 0 Å². The van der Waals surface area contributed by atoms with Crippen molar-refractivity contribution < 1.29 is 14.3 Å². The van der Waals surface area contributed by atoms with Gasteiger partial charge in [0.15, 0.2) is 0 Å². The molecule has 2 N–H and O–H groups in total. The molecule has 6 heteroatoms. The van der Waals surface area contributed by atoms with Crippen LogP contribution in [0.15, 0.2) is 72.8 Å². The highest BCUT2D eigenvalue weighted by molar-refractivity contribution is 5.95. The van der Waals surface area contributed by atoms with Gasteiger partial charge in [-0.25, -0.2) is 13.9 Å². The Balaban J connectivity index is 1.86. The third-order valence-corrected chi connectivity index (χ3v) is 4.89. The van der Waals surface area contributed by atoms with Crippen molar-refractivity contribution in [1.29, 1.82) is 0 Å². The van der Waals surface area contributed by atoms with Crippen molar-refractivity contribution in [3.8, 4) is 16.9 Å². The Hall–Kier alpha value is -3.93. The summed E-state index contributed by atoms with van der Waals surface area (Å²) in [6.07, 6.45) is 0. The predicted molar refractivity (Wildman–Crippen MR) is 115 cm³/mol. The van der Waals surface area contributed by atoms with Gasteiger partial charge in [0.25, 0.3) is 0 Å². The van der Waals surface area contributed by atoms with Crippen LogP contribution in [0.25, 0.3) is 16.9 Å². The van der Waals surface area contributed by atoms with Crippen LogP contribution in [0.4, 0.5) is 15.9 Å². The van der Waals surface area contributed by atoms with Gasteiger partial charge in [0, 0.05) is 11.6 Å². The van der Waals surface area contributed by atoms with Gasteiger partial charge in [0.1, 0.15) is 17.2 Å². The van der Waals surface area contributed by atoms with Gasteiger partial charge >= 0.3 is 5.97 Å². The molecule has 5 nitrogen and oxygen atoms in total. The van der Waals surface area contributed by atoms with Gasteiger partial charge < -0.3 is 10.4 Å². The number of benzene rings is 3. The lowest BCUT2D eigenvalue weighted by Gasteiger charge is -2.13. The van der Waals surface area contributed by atoms with Crippen molar-refractivity contribution in [2.75, 3.05) is 5.32 Å². The number of aromatic carboxylic acids is 1. The molecule has 1 aromatic heterocycles. The fourth-order valence-electron chi connectivity index (χ4n) is 3.30. The fourth-order valence-corrected chi connectivity index (χ4v) is 3.30. The lowest BCUT2D eigenvalue weighted by atomic mass is 10.1. The first kappa shape index (κ1) is 19.4. The molecular weight excluding hydrogens is 381 g/mol. The third-order valence-electron chi connectivity index (χ3n) is 4.89. The smallest absolute Gasteiger partial charge is 0.340 e. The van der Waals surface area contributed by atoms with Crippen LogP contribution in [0.3, 0.4) is 0 Å². The maximum atomic E-state index is 14.2. The van der Waals surface area contributed by atoms with E-state index in [0.29, 0.717) is 11.5 Å². The van der Waals surface area contributed by atoms with E-state index in [9.17, 15) is 14.3 Å². The Morgan fingerprint density at radius 3 is 2.43 bits per heavy atom. The summed E-state index contributed by atoms with van der Waals surface area (Å²) >= 11 is 0. The summed E-state index contributed by atoms with van der Waals surface area (Å²) < 4.78 is 15.9. The van der Waals surface area contributed by atoms with E-state index in [0.717, 1.165) is 28.4 Å². The SMILES string of the molecule is Cc1ccc(-c2cc(Nc3cccc(F)c3C(=O)O)n(-c3ccccc3C)n2)cc1. The lowest BCUT2D eigenvalue weighted by molar-refractivity contribution is 0.0693. The minimum Gasteiger partial charge on any atom is -0.478 e. The molecule has 0 aliphatic carbocycles. The molecule has 150 valence electrons. The van der Waals surface area contributed by atoms with Crippen molar-refractivity contribution in [3.63, 3.8) is 0 Å². The molecule has 0 saturated carbocycles. The van der Waals surface area contributed by atoms with E-state index in [1.165, 1.54) is 12.1 Å². The first-order valence-corrected chi connectivity index (χ1v) is 9.46. The molecule has 0 fully saturated rings. The second-order valence-electron chi connectivity index (χ2n) is 7.07. The Labute approximate surface area is 173 Å². The van der Waals surface area contributed by atoms with Crippen molar-refractivity contribution >= 4 is 17.5 Å². The zero-order valence-corrected chi connectivity index (χ0v) is 16.6. The third kappa shape index (κ3) is 3.67. The summed E-state index contributed by atoms with van der Waals surface area (Å²) in [4.78, 5) is 11.6. The zero-order valence-electron chi connectivity index (χ0n) is 16.6. The van der Waals surface area contributed by atoms with Gasteiger partial charge in [-0.15, -0.1) is 0 Å². The number of carboxylic acids is 1. The number of nitrogens with zero attached hydrogens (tertiary/aromatic N) is 2. The van der Waals surface area contributed by atoms with Crippen molar-refractivity contribution in [2.45, 2.75) is 13.8 Å². The number of rotatable bonds is 5. The number of hydrogen-bond acceptors (Lipinski definition) is 3. The molecule has 30 heavy (non-hydrogen) atoms. The highest BCUT2D eigenvalue weighted by Crippen LogP contribution is 2.30. The molecule has 0 aliphatic heterocycles. The normalized spacial score (nSPS) is 10.8. The largest absolute Gasteiger partial charge is 0.478 e. The van der Waals surface area contributed by atoms with E-state index in [2.05, 4.69) is 5.32 Å². The molecule has 4 aromatic rings. The number of carboxylic acid groups (broad SMARTS) is 1. The number of para-hydroxylation sites is 1. The molecule has 0 atom stereocenters. The molecule has 0 saturated heterocycles. The number of aromatic nitrogens is 2. The molecular formula is C24H20FN3O2. The fraction of sp³-hybridized carbons (Fsp3) is 0.0833. The number of hydrogen-bond donors (Lipinski definition) is 2. The van der Waals surface area contributed by atoms with E-state index < -0.39 is 17.3 Å². The van der Waals surface area contributed by atoms with Crippen LogP contribution in [-0.4, -0.2) is 20.9 Å². The van der Waals surface area contributed by atoms with E-state index in [-0.39, 0.29) is 5.69 Å². The first-order chi connectivity index (χ1) is 14.4. The maximum Gasteiger partial charge on any atom is 0.340 e. The van der Waals surface area contributed by atoms with Crippen molar-refractivity contribution in [3.05, 3.63) is 95.3 Å². The van der Waals surface area contributed by atoms with Crippen LogP contribution in [0, 0.1) is 19.7 Å². The van der Waals surface area contributed by atoms with Crippen molar-refractivity contribution in [2.24, 2.45) is 0 Å². The molecule has 0 amide bonds. The van der Waals surface area contributed by atoms with Crippen LogP contribution in [0.1, 0.15) is 21.5 Å². The predicted octanol–water partition coefficient (Wildman–Crippen LogP) is 5.74. The average Bonchev–Trinajstić information content (AvgIpc) is 3.12. The molecule has 1 heterocycles. The highest BCUT2D eigenvalue weighted by Gasteiger charge is 2.19. The van der Waals surface area contributed by atoms with E-state index in [4.69, 9.17) is 5.10 Å². The number of nitrogens with one attached hydrogen (secondary N) is 1. The van der Waals surface area contributed by atoms with Crippen LogP contribution in [-0.2, 0) is 0 Å². The maximum absolute atomic E-state index is 14.2. The van der Waals surface area contributed by atoms with Crippen molar-refractivity contribution in [1.82, 2.24) is 9.78 Å². The van der Waals surface area contributed by atoms with Crippen LogP contribution >= 0.6 is 0 Å². The Kier molecular flexibility index (Phi) is 5.06.